The summed E-state index contributed by atoms with van der Waals surface area (Å²) < 4.78 is 60.9. The molecule has 55 heavy (non-hydrogen) atoms. The van der Waals surface area contributed by atoms with Crippen LogP contribution in [0.15, 0.2) is 48.0 Å². The number of aromatic nitrogens is 3. The Hall–Kier alpha value is -4.92. The van der Waals surface area contributed by atoms with E-state index in [1.54, 1.807) is 46.7 Å². The zero-order chi connectivity index (χ0) is 39.0. The minimum absolute atomic E-state index is 0.0808. The predicted molar refractivity (Wildman–Crippen MR) is 201 cm³/mol. The van der Waals surface area contributed by atoms with E-state index in [9.17, 15) is 18.4 Å². The average Bonchev–Trinajstić information content (AvgIpc) is 3.70. The fourth-order valence-corrected chi connectivity index (χ4v) is 8.76. The first-order valence-corrected chi connectivity index (χ1v) is 19.4. The summed E-state index contributed by atoms with van der Waals surface area (Å²) >= 11 is 1.63. The quantitative estimate of drug-likeness (QED) is 0.162. The minimum atomic E-state index is -1.55. The van der Waals surface area contributed by atoms with Crippen molar-refractivity contribution >= 4 is 29.3 Å². The van der Waals surface area contributed by atoms with Crippen LogP contribution in [0.3, 0.4) is 0 Å². The van der Waals surface area contributed by atoms with Gasteiger partial charge in [-0.25, -0.2) is 28.5 Å². The van der Waals surface area contributed by atoms with Crippen molar-refractivity contribution < 1.29 is 37.0 Å². The van der Waals surface area contributed by atoms with Gasteiger partial charge < -0.3 is 29.3 Å². The maximum Gasteiger partial charge on any atom is 0.410 e. The molecule has 4 aromatic rings. The zero-order valence-corrected chi connectivity index (χ0v) is 32.2. The molecule has 1 N–H and O–H groups in total. The van der Waals surface area contributed by atoms with Crippen molar-refractivity contribution in [3.8, 4) is 22.9 Å². The number of amides is 2. The number of halogens is 3. The normalized spacial score (nSPS) is 21.0. The molecule has 1 saturated heterocycles. The molecule has 0 atom stereocenters. The monoisotopic (exact) mass is 778 g/mol. The summed E-state index contributed by atoms with van der Waals surface area (Å²) in [7, 11) is 1.52. The number of thiazole rings is 1. The van der Waals surface area contributed by atoms with Crippen molar-refractivity contribution in [2.45, 2.75) is 76.9 Å². The van der Waals surface area contributed by atoms with Crippen LogP contribution >= 0.6 is 11.3 Å². The van der Waals surface area contributed by atoms with Crippen molar-refractivity contribution in [3.05, 3.63) is 81.6 Å². The number of methoxy groups -OCH3 is 1. The molecule has 2 bridgehead atoms. The van der Waals surface area contributed by atoms with Crippen LogP contribution in [0.4, 0.5) is 23.9 Å². The molecule has 4 fully saturated rings. The highest BCUT2D eigenvalue weighted by atomic mass is 32.1. The molecule has 3 saturated carbocycles. The third kappa shape index (κ3) is 8.21. The minimum Gasteiger partial charge on any atom is -0.497 e. The number of fused-ring (bicyclic) bond motifs is 3. The van der Waals surface area contributed by atoms with E-state index in [0.29, 0.717) is 49.5 Å². The van der Waals surface area contributed by atoms with Crippen LogP contribution in [0.1, 0.15) is 80.2 Å². The lowest BCUT2D eigenvalue weighted by atomic mass is 9.54. The number of anilines is 1. The largest absolute Gasteiger partial charge is 0.497 e. The number of piperazine rings is 1. The Balaban J connectivity index is 0.935. The number of hydrogen-bond donors (Lipinski definition) is 1. The Kier molecular flexibility index (Phi) is 10.7. The highest BCUT2D eigenvalue weighted by molar-refractivity contribution is 7.10. The lowest BCUT2D eigenvalue weighted by molar-refractivity contribution is 0.0240. The van der Waals surface area contributed by atoms with E-state index in [-0.39, 0.29) is 30.1 Å². The Labute approximate surface area is 322 Å². The van der Waals surface area contributed by atoms with Gasteiger partial charge in [-0.15, -0.1) is 11.3 Å². The van der Waals surface area contributed by atoms with Gasteiger partial charge >= 0.3 is 6.09 Å². The number of ether oxygens (including phenoxy) is 3. The number of carbonyl (C=O) groups excluding carboxylic acids is 2. The van der Waals surface area contributed by atoms with Crippen molar-refractivity contribution in [1.29, 1.82) is 0 Å². The van der Waals surface area contributed by atoms with Crippen LogP contribution in [0.5, 0.6) is 11.5 Å². The standard InChI is InChI=1S/C40H45F3N6O5S/c1-38(2,3)54-37(51)49-19-17-48(18-20-49)36-44-16-9-29(47-36)30-23-55-35(46-30)40-13-10-39(11-14-40,12-15-40)24-45-34(50)27-21-28(41)33(32(43)31(27)42)53-22-25-5-7-26(52-4)8-6-25/h5-9,16,21,23H,10-15,17-20,22,24H2,1-4H3,(H,45,50). The predicted octanol–water partition coefficient (Wildman–Crippen LogP) is 7.68. The van der Waals surface area contributed by atoms with Gasteiger partial charge in [0.15, 0.2) is 17.4 Å². The van der Waals surface area contributed by atoms with Gasteiger partial charge in [0.1, 0.15) is 23.7 Å². The number of rotatable bonds is 10. The van der Waals surface area contributed by atoms with Gasteiger partial charge in [-0.05, 0) is 94.5 Å². The van der Waals surface area contributed by atoms with Crippen molar-refractivity contribution in [2.75, 3.05) is 44.7 Å². The summed E-state index contributed by atoms with van der Waals surface area (Å²) in [6.07, 6.45) is 6.55. The average molecular weight is 779 g/mol. The van der Waals surface area contributed by atoms with E-state index in [1.807, 2.05) is 32.2 Å². The van der Waals surface area contributed by atoms with Crippen LogP contribution in [0.2, 0.25) is 0 Å². The second kappa shape index (κ2) is 15.3. The van der Waals surface area contributed by atoms with Crippen molar-refractivity contribution in [2.24, 2.45) is 5.41 Å². The van der Waals surface area contributed by atoms with Gasteiger partial charge in [-0.2, -0.15) is 4.39 Å². The fourth-order valence-electron chi connectivity index (χ4n) is 7.66. The number of nitrogens with one attached hydrogen (secondary N) is 1. The Morgan fingerprint density at radius 2 is 1.60 bits per heavy atom. The molecular weight excluding hydrogens is 734 g/mol. The lowest BCUT2D eigenvalue weighted by Crippen LogP contribution is -2.50. The van der Waals surface area contributed by atoms with Gasteiger partial charge in [0.25, 0.3) is 5.91 Å². The summed E-state index contributed by atoms with van der Waals surface area (Å²) in [4.78, 5) is 43.8. The van der Waals surface area contributed by atoms with Gasteiger partial charge in [0, 0.05) is 49.7 Å². The highest BCUT2D eigenvalue weighted by Crippen LogP contribution is 2.58. The van der Waals surface area contributed by atoms with Crippen molar-refractivity contribution in [3.63, 3.8) is 0 Å². The van der Waals surface area contributed by atoms with Crippen LogP contribution in [-0.2, 0) is 16.8 Å². The molecule has 2 aromatic carbocycles. The first-order valence-electron chi connectivity index (χ1n) is 18.5. The summed E-state index contributed by atoms with van der Waals surface area (Å²) in [6.45, 7) is 7.85. The van der Waals surface area contributed by atoms with E-state index in [2.05, 4.69) is 15.2 Å². The third-order valence-corrected chi connectivity index (χ3v) is 12.1. The molecule has 0 radical (unpaired) electrons. The highest BCUT2D eigenvalue weighted by Gasteiger charge is 2.50. The van der Waals surface area contributed by atoms with Crippen LogP contribution in [-0.4, -0.2) is 77.3 Å². The molecule has 3 aliphatic carbocycles. The Morgan fingerprint density at radius 1 is 0.909 bits per heavy atom. The molecule has 15 heteroatoms. The van der Waals surface area contributed by atoms with Gasteiger partial charge in [-0.1, -0.05) is 12.1 Å². The molecule has 8 rings (SSSR count). The molecule has 1 aliphatic heterocycles. The van der Waals surface area contributed by atoms with Crippen molar-refractivity contribution in [1.82, 2.24) is 25.2 Å². The maximum absolute atomic E-state index is 15.1. The Bertz CT molecular complexity index is 2020. The number of carbonyl (C=O) groups is 2. The SMILES string of the molecule is COc1ccc(COc2c(F)cc(C(=O)NCC34CCC(c5nc(-c6ccnc(N7CCN(C(=O)OC(C)(C)C)CC7)n6)cs5)(CC3)CC4)c(F)c2F)cc1. The molecule has 11 nitrogen and oxygen atoms in total. The molecule has 292 valence electrons. The molecule has 0 unspecified atom stereocenters. The van der Waals surface area contributed by atoms with Crippen LogP contribution in [0.25, 0.3) is 11.4 Å². The van der Waals surface area contributed by atoms with E-state index in [1.165, 1.54) is 7.11 Å². The van der Waals surface area contributed by atoms with E-state index >= 15 is 4.39 Å². The van der Waals surface area contributed by atoms with E-state index < -0.39 is 40.3 Å². The number of hydrogen-bond acceptors (Lipinski definition) is 10. The topological polar surface area (TPSA) is 119 Å². The molecule has 0 spiro atoms. The summed E-state index contributed by atoms with van der Waals surface area (Å²) in [5.74, 6) is -4.70. The second-order valence-corrected chi connectivity index (χ2v) is 16.6. The van der Waals surface area contributed by atoms with Crippen LogP contribution < -0.4 is 19.7 Å². The summed E-state index contributed by atoms with van der Waals surface area (Å²) in [6, 6.07) is 9.22. The number of nitrogens with zero attached hydrogens (tertiary/aromatic N) is 5. The molecule has 4 aliphatic rings. The van der Waals surface area contributed by atoms with Crippen LogP contribution in [0, 0.1) is 22.9 Å². The van der Waals surface area contributed by atoms with Gasteiger partial charge in [0.05, 0.1) is 23.4 Å². The molecular formula is C40H45F3N6O5S. The Morgan fingerprint density at radius 3 is 2.25 bits per heavy atom. The number of benzene rings is 2. The summed E-state index contributed by atoms with van der Waals surface area (Å²) in [5.41, 5.74) is 0.606. The van der Waals surface area contributed by atoms with Gasteiger partial charge in [0.2, 0.25) is 11.8 Å². The molecule has 2 amide bonds. The first-order chi connectivity index (χ1) is 26.3. The molecule has 2 aromatic heterocycles. The van der Waals surface area contributed by atoms with E-state index in [0.717, 1.165) is 54.9 Å². The maximum atomic E-state index is 15.1. The van der Waals surface area contributed by atoms with E-state index in [4.69, 9.17) is 24.2 Å². The first kappa shape index (κ1) is 38.4. The zero-order valence-electron chi connectivity index (χ0n) is 31.4. The molecule has 3 heterocycles. The third-order valence-electron chi connectivity index (χ3n) is 11.0. The smallest absolute Gasteiger partial charge is 0.410 e. The lowest BCUT2D eigenvalue weighted by Gasteiger charge is -2.52. The van der Waals surface area contributed by atoms with Gasteiger partial charge in [-0.3, -0.25) is 4.79 Å². The second-order valence-electron chi connectivity index (χ2n) is 15.7. The summed E-state index contributed by atoms with van der Waals surface area (Å²) in [5, 5.41) is 5.87. The fraction of sp³-hybridized carbons (Fsp3) is 0.475.